The van der Waals surface area contributed by atoms with Gasteiger partial charge in [-0.05, 0) is 18.2 Å². The zero-order chi connectivity index (χ0) is 12.3. The number of rotatable bonds is 4. The van der Waals surface area contributed by atoms with Crippen molar-refractivity contribution in [2.45, 2.75) is 26.1 Å². The topological polar surface area (TPSA) is 44.8 Å². The van der Waals surface area contributed by atoms with Gasteiger partial charge in [0.25, 0.3) is 0 Å². The molecule has 0 saturated carbocycles. The maximum absolute atomic E-state index is 11.8. The lowest BCUT2D eigenvalue weighted by Crippen LogP contribution is -2.34. The van der Waals surface area contributed by atoms with Gasteiger partial charge in [0.1, 0.15) is 17.1 Å². The Balaban J connectivity index is 2.17. The summed E-state index contributed by atoms with van der Waals surface area (Å²) in [5.41, 5.74) is 0.428. The average molecular weight is 234 g/mol. The van der Waals surface area contributed by atoms with Crippen LogP contribution in [0.5, 0.6) is 11.5 Å². The molecular formula is C12H15BO4. The van der Waals surface area contributed by atoms with E-state index in [9.17, 15) is 4.79 Å². The van der Waals surface area contributed by atoms with Crippen molar-refractivity contribution in [1.29, 1.82) is 0 Å². The number of carbonyl (C=O) groups is 1. The quantitative estimate of drug-likeness (QED) is 0.751. The van der Waals surface area contributed by atoms with Crippen molar-refractivity contribution in [2.24, 2.45) is 0 Å². The van der Waals surface area contributed by atoms with Gasteiger partial charge >= 0.3 is 13.1 Å². The van der Waals surface area contributed by atoms with E-state index in [0.717, 1.165) is 19.2 Å². The zero-order valence-electron chi connectivity index (χ0n) is 10.1. The first-order valence-electron chi connectivity index (χ1n) is 5.80. The smallest absolute Gasteiger partial charge is 0.525 e. The molecule has 2 rings (SSSR count). The van der Waals surface area contributed by atoms with Gasteiger partial charge in [0.15, 0.2) is 0 Å². The fourth-order valence-corrected chi connectivity index (χ4v) is 1.74. The van der Waals surface area contributed by atoms with Crippen molar-refractivity contribution in [2.75, 3.05) is 7.11 Å². The number of ether oxygens (including phenoxy) is 1. The summed E-state index contributed by atoms with van der Waals surface area (Å²) in [5.74, 6) is 0.853. The van der Waals surface area contributed by atoms with Crippen LogP contribution in [0.4, 0.5) is 0 Å². The Morgan fingerprint density at radius 3 is 2.88 bits per heavy atom. The van der Waals surface area contributed by atoms with Gasteiger partial charge in [-0.25, -0.2) is 4.79 Å². The fraction of sp³-hybridized carbons (Fsp3) is 0.417. The van der Waals surface area contributed by atoms with E-state index in [-0.39, 0.29) is 5.97 Å². The van der Waals surface area contributed by atoms with Crippen LogP contribution in [0.1, 0.15) is 30.1 Å². The van der Waals surface area contributed by atoms with Crippen LogP contribution >= 0.6 is 0 Å². The highest BCUT2D eigenvalue weighted by Gasteiger charge is 2.33. The van der Waals surface area contributed by atoms with Crippen LogP contribution in [0, 0.1) is 0 Å². The standard InChI is InChI=1S/C12H15BO4/c1-3-4-7-13-16-11-6-5-9(15-2)8-10(11)12(14)17-13/h5-6,8H,3-4,7H2,1-2H3. The molecule has 1 heterocycles. The van der Waals surface area contributed by atoms with Crippen molar-refractivity contribution in [3.05, 3.63) is 23.8 Å². The second-order valence-corrected chi connectivity index (χ2v) is 3.96. The molecule has 0 bridgehead atoms. The molecule has 0 amide bonds. The molecule has 0 aliphatic carbocycles. The van der Waals surface area contributed by atoms with Crippen LogP contribution in [-0.4, -0.2) is 20.2 Å². The Morgan fingerprint density at radius 2 is 2.18 bits per heavy atom. The second-order valence-electron chi connectivity index (χ2n) is 3.96. The molecule has 1 aliphatic heterocycles. The summed E-state index contributed by atoms with van der Waals surface area (Å²) in [4.78, 5) is 11.8. The first kappa shape index (κ1) is 11.8. The fourth-order valence-electron chi connectivity index (χ4n) is 1.74. The Morgan fingerprint density at radius 1 is 1.35 bits per heavy atom. The van der Waals surface area contributed by atoms with E-state index < -0.39 is 7.12 Å². The van der Waals surface area contributed by atoms with Crippen LogP contribution < -0.4 is 9.39 Å². The van der Waals surface area contributed by atoms with Gasteiger partial charge in [-0.1, -0.05) is 19.8 Å². The zero-order valence-corrected chi connectivity index (χ0v) is 10.1. The minimum atomic E-state index is -0.455. The van der Waals surface area contributed by atoms with Crippen LogP contribution in [-0.2, 0) is 4.65 Å². The van der Waals surface area contributed by atoms with Gasteiger partial charge < -0.3 is 14.0 Å². The van der Waals surface area contributed by atoms with Gasteiger partial charge in [0.05, 0.1) is 7.11 Å². The van der Waals surface area contributed by atoms with E-state index in [0.29, 0.717) is 17.1 Å². The number of unbranched alkanes of at least 4 members (excludes halogenated alkanes) is 1. The number of methoxy groups -OCH3 is 1. The number of benzene rings is 1. The minimum Gasteiger partial charge on any atom is -0.525 e. The maximum atomic E-state index is 11.8. The van der Waals surface area contributed by atoms with Gasteiger partial charge in [-0.2, -0.15) is 0 Å². The summed E-state index contributed by atoms with van der Waals surface area (Å²) in [6, 6.07) is 5.15. The van der Waals surface area contributed by atoms with E-state index in [1.165, 1.54) is 0 Å². The molecule has 0 spiro atoms. The highest BCUT2D eigenvalue weighted by molar-refractivity contribution is 6.49. The molecule has 0 aromatic heterocycles. The molecule has 0 unspecified atom stereocenters. The van der Waals surface area contributed by atoms with Gasteiger partial charge in [-0.15, -0.1) is 0 Å². The minimum absolute atomic E-state index is 0.341. The number of hydrogen-bond acceptors (Lipinski definition) is 4. The van der Waals surface area contributed by atoms with Crippen molar-refractivity contribution in [3.8, 4) is 11.5 Å². The average Bonchev–Trinajstić information content (AvgIpc) is 2.36. The second kappa shape index (κ2) is 5.12. The van der Waals surface area contributed by atoms with Crippen LogP contribution in [0.15, 0.2) is 18.2 Å². The first-order valence-corrected chi connectivity index (χ1v) is 5.80. The Bertz CT molecular complexity index is 419. The lowest BCUT2D eigenvalue weighted by Gasteiger charge is -2.23. The molecular weight excluding hydrogens is 219 g/mol. The molecule has 5 heteroatoms. The molecule has 0 saturated heterocycles. The van der Waals surface area contributed by atoms with E-state index >= 15 is 0 Å². The van der Waals surface area contributed by atoms with Crippen LogP contribution in [0.2, 0.25) is 6.32 Å². The van der Waals surface area contributed by atoms with Crippen molar-refractivity contribution in [3.63, 3.8) is 0 Å². The number of hydrogen-bond donors (Lipinski definition) is 0. The Labute approximate surface area is 101 Å². The van der Waals surface area contributed by atoms with Gasteiger partial charge in [-0.3, -0.25) is 0 Å². The van der Waals surface area contributed by atoms with Gasteiger partial charge in [0.2, 0.25) is 0 Å². The molecule has 0 fully saturated rings. The van der Waals surface area contributed by atoms with E-state index in [1.807, 2.05) is 0 Å². The van der Waals surface area contributed by atoms with Crippen LogP contribution in [0.3, 0.4) is 0 Å². The molecule has 0 atom stereocenters. The summed E-state index contributed by atoms with van der Waals surface area (Å²) < 4.78 is 15.9. The van der Waals surface area contributed by atoms with E-state index in [1.54, 1.807) is 25.3 Å². The SMILES string of the molecule is CCCCB1OC(=O)c2cc(OC)ccc2O1. The third-order valence-corrected chi connectivity index (χ3v) is 2.70. The summed E-state index contributed by atoms with van der Waals surface area (Å²) >= 11 is 0. The Hall–Kier alpha value is -1.65. The lowest BCUT2D eigenvalue weighted by molar-refractivity contribution is 0.0677. The lowest BCUT2D eigenvalue weighted by atomic mass is 9.81. The summed E-state index contributed by atoms with van der Waals surface area (Å²) in [7, 11) is 1.10. The Kier molecular flexibility index (Phi) is 3.56. The molecule has 0 N–H and O–H groups in total. The molecule has 1 aromatic carbocycles. The largest absolute Gasteiger partial charge is 0.596 e. The number of fused-ring (bicyclic) bond motifs is 1. The van der Waals surface area contributed by atoms with Crippen molar-refractivity contribution >= 4 is 13.1 Å². The molecule has 90 valence electrons. The van der Waals surface area contributed by atoms with Crippen molar-refractivity contribution < 1.29 is 18.8 Å². The molecule has 0 radical (unpaired) electrons. The summed E-state index contributed by atoms with van der Waals surface area (Å²) in [6.07, 6.45) is 2.75. The maximum Gasteiger partial charge on any atom is 0.596 e. The summed E-state index contributed by atoms with van der Waals surface area (Å²) in [6.45, 7) is 2.09. The van der Waals surface area contributed by atoms with Crippen LogP contribution in [0.25, 0.3) is 0 Å². The third kappa shape index (κ3) is 2.54. The van der Waals surface area contributed by atoms with Gasteiger partial charge in [0, 0.05) is 6.32 Å². The first-order chi connectivity index (χ1) is 8.24. The predicted octanol–water partition coefficient (Wildman–Crippen LogP) is 2.53. The summed E-state index contributed by atoms with van der Waals surface area (Å²) in [5, 5.41) is 0. The number of carbonyl (C=O) groups excluding carboxylic acids is 1. The normalized spacial score (nSPS) is 13.8. The molecule has 1 aromatic rings. The highest BCUT2D eigenvalue weighted by atomic mass is 16.6. The molecule has 1 aliphatic rings. The molecule has 4 nitrogen and oxygen atoms in total. The predicted molar refractivity (Wildman–Crippen MR) is 64.5 cm³/mol. The highest BCUT2D eigenvalue weighted by Crippen LogP contribution is 2.29. The monoisotopic (exact) mass is 234 g/mol. The van der Waals surface area contributed by atoms with E-state index in [2.05, 4.69) is 6.92 Å². The third-order valence-electron chi connectivity index (χ3n) is 2.70. The molecule has 17 heavy (non-hydrogen) atoms. The van der Waals surface area contributed by atoms with Crippen molar-refractivity contribution in [1.82, 2.24) is 0 Å². The van der Waals surface area contributed by atoms with E-state index in [4.69, 9.17) is 14.0 Å².